The fourth-order valence-electron chi connectivity index (χ4n) is 1.48. The van der Waals surface area contributed by atoms with Crippen LogP contribution in [-0.4, -0.2) is 16.1 Å². The number of nitrogens with one attached hydrogen (secondary N) is 1. The van der Waals surface area contributed by atoms with Crippen LogP contribution in [0, 0.1) is 0 Å². The Labute approximate surface area is 131 Å². The van der Waals surface area contributed by atoms with E-state index in [2.05, 4.69) is 10.3 Å². The van der Waals surface area contributed by atoms with Gasteiger partial charge in [-0.15, -0.1) is 0 Å². The molecule has 3 nitrogen and oxygen atoms in total. The molecule has 0 unspecified atom stereocenters. The number of carbonyl (C=O) groups excluding carboxylic acids is 1. The quantitative estimate of drug-likeness (QED) is 0.840. The van der Waals surface area contributed by atoms with Gasteiger partial charge in [0, 0.05) is 11.2 Å². The van der Waals surface area contributed by atoms with Crippen LogP contribution in [0.4, 0.5) is 5.69 Å². The predicted octanol–water partition coefficient (Wildman–Crippen LogP) is 4.51. The Morgan fingerprint density at radius 3 is 2.75 bits per heavy atom. The molecule has 104 valence electrons. The van der Waals surface area contributed by atoms with Crippen molar-refractivity contribution in [3.05, 3.63) is 52.6 Å². The molecule has 2 aromatic rings. The third kappa shape index (κ3) is 4.13. The second-order valence-corrected chi connectivity index (χ2v) is 6.25. The van der Waals surface area contributed by atoms with E-state index in [0.717, 1.165) is 5.03 Å². The topological polar surface area (TPSA) is 42.0 Å². The molecule has 0 saturated carbocycles. The van der Waals surface area contributed by atoms with E-state index in [4.69, 9.17) is 23.2 Å². The highest BCUT2D eigenvalue weighted by Crippen LogP contribution is 2.27. The number of carbonyl (C=O) groups is 1. The molecular weight excluding hydrogens is 315 g/mol. The number of hydrogen-bond acceptors (Lipinski definition) is 3. The molecule has 20 heavy (non-hydrogen) atoms. The molecular formula is C14H12Cl2N2OS. The lowest BCUT2D eigenvalue weighted by molar-refractivity contribution is -0.115. The highest BCUT2D eigenvalue weighted by Gasteiger charge is 2.16. The summed E-state index contributed by atoms with van der Waals surface area (Å²) in [5.74, 6) is -0.134. The number of nitrogens with zero attached hydrogens (tertiary/aromatic N) is 1. The Balaban J connectivity index is 2.01. The van der Waals surface area contributed by atoms with Gasteiger partial charge < -0.3 is 5.32 Å². The normalized spacial score (nSPS) is 11.9. The van der Waals surface area contributed by atoms with E-state index in [1.54, 1.807) is 24.4 Å². The van der Waals surface area contributed by atoms with Gasteiger partial charge in [0.25, 0.3) is 0 Å². The largest absolute Gasteiger partial charge is 0.324 e. The van der Waals surface area contributed by atoms with Crippen LogP contribution in [0.3, 0.4) is 0 Å². The van der Waals surface area contributed by atoms with Crippen LogP contribution >= 0.6 is 35.0 Å². The molecule has 6 heteroatoms. The molecule has 1 heterocycles. The van der Waals surface area contributed by atoms with Crippen molar-refractivity contribution in [2.24, 2.45) is 0 Å². The minimum absolute atomic E-state index is 0.134. The summed E-state index contributed by atoms with van der Waals surface area (Å²) in [5, 5.41) is 4.25. The third-order valence-corrected chi connectivity index (χ3v) is 4.09. The van der Waals surface area contributed by atoms with Gasteiger partial charge in [0.15, 0.2) is 0 Å². The fourth-order valence-corrected chi connectivity index (χ4v) is 2.74. The molecule has 1 aromatic heterocycles. The minimum atomic E-state index is -0.281. The number of anilines is 1. The van der Waals surface area contributed by atoms with E-state index in [-0.39, 0.29) is 11.2 Å². The van der Waals surface area contributed by atoms with Crippen LogP contribution in [0.1, 0.15) is 6.92 Å². The standard InChI is InChI=1S/C14H12Cl2N2OS/c1-9(20-13-4-2-3-7-17-13)14(19)18-12-6-5-10(15)8-11(12)16/h2-9H,1H3,(H,18,19)/t9-/m0/s1. The van der Waals surface area contributed by atoms with Crippen molar-refractivity contribution in [2.75, 3.05) is 5.32 Å². The van der Waals surface area contributed by atoms with Gasteiger partial charge in [-0.2, -0.15) is 0 Å². The zero-order chi connectivity index (χ0) is 14.5. The van der Waals surface area contributed by atoms with Crippen LogP contribution in [0.15, 0.2) is 47.6 Å². The van der Waals surface area contributed by atoms with Crippen molar-refractivity contribution in [3.8, 4) is 0 Å². The lowest BCUT2D eigenvalue weighted by Crippen LogP contribution is -2.22. The van der Waals surface area contributed by atoms with Crippen LogP contribution in [0.2, 0.25) is 10.0 Å². The number of benzene rings is 1. The van der Waals surface area contributed by atoms with E-state index >= 15 is 0 Å². The average molecular weight is 327 g/mol. The van der Waals surface area contributed by atoms with Crippen LogP contribution < -0.4 is 5.32 Å². The Kier molecular flexibility index (Phi) is 5.29. The first-order valence-electron chi connectivity index (χ1n) is 5.90. The third-order valence-electron chi connectivity index (χ3n) is 2.49. The number of rotatable bonds is 4. The summed E-state index contributed by atoms with van der Waals surface area (Å²) >= 11 is 13.2. The molecule has 0 bridgehead atoms. The summed E-state index contributed by atoms with van der Waals surface area (Å²) in [6, 6.07) is 10.5. The van der Waals surface area contributed by atoms with Gasteiger partial charge in [0.05, 0.1) is 21.0 Å². The van der Waals surface area contributed by atoms with Gasteiger partial charge in [-0.3, -0.25) is 4.79 Å². The van der Waals surface area contributed by atoms with Crippen molar-refractivity contribution < 1.29 is 4.79 Å². The molecule has 1 atom stereocenters. The van der Waals surface area contributed by atoms with Crippen molar-refractivity contribution in [1.82, 2.24) is 4.98 Å². The highest BCUT2D eigenvalue weighted by molar-refractivity contribution is 8.00. The maximum Gasteiger partial charge on any atom is 0.237 e. The number of aromatic nitrogens is 1. The van der Waals surface area contributed by atoms with Crippen LogP contribution in [0.5, 0.6) is 0 Å². The molecule has 1 N–H and O–H groups in total. The second kappa shape index (κ2) is 6.97. The summed E-state index contributed by atoms with van der Waals surface area (Å²) in [4.78, 5) is 16.3. The number of thioether (sulfide) groups is 1. The summed E-state index contributed by atoms with van der Waals surface area (Å²) in [7, 11) is 0. The van der Waals surface area contributed by atoms with Crippen molar-refractivity contribution in [1.29, 1.82) is 0 Å². The SMILES string of the molecule is C[C@H](Sc1ccccn1)C(=O)Nc1ccc(Cl)cc1Cl. The lowest BCUT2D eigenvalue weighted by atomic mass is 10.3. The van der Waals surface area contributed by atoms with E-state index in [9.17, 15) is 4.79 Å². The van der Waals surface area contributed by atoms with Gasteiger partial charge in [-0.25, -0.2) is 4.98 Å². The zero-order valence-electron chi connectivity index (χ0n) is 10.6. The molecule has 0 radical (unpaired) electrons. The Morgan fingerprint density at radius 2 is 2.10 bits per heavy atom. The van der Waals surface area contributed by atoms with Gasteiger partial charge in [-0.1, -0.05) is 41.0 Å². The molecule has 2 rings (SSSR count). The van der Waals surface area contributed by atoms with E-state index in [1.165, 1.54) is 11.8 Å². The lowest BCUT2D eigenvalue weighted by Gasteiger charge is -2.12. The van der Waals surface area contributed by atoms with Crippen molar-refractivity contribution in [3.63, 3.8) is 0 Å². The molecule has 0 aliphatic rings. The number of halogens is 2. The Morgan fingerprint density at radius 1 is 1.30 bits per heavy atom. The average Bonchev–Trinajstić information content (AvgIpc) is 2.43. The first-order chi connectivity index (χ1) is 9.56. The number of amides is 1. The highest BCUT2D eigenvalue weighted by atomic mass is 35.5. The van der Waals surface area contributed by atoms with Crippen molar-refractivity contribution >= 4 is 46.6 Å². The van der Waals surface area contributed by atoms with Gasteiger partial charge in [-0.05, 0) is 37.3 Å². The fraction of sp³-hybridized carbons (Fsp3) is 0.143. The minimum Gasteiger partial charge on any atom is -0.324 e. The Bertz CT molecular complexity index is 607. The first-order valence-corrected chi connectivity index (χ1v) is 7.53. The van der Waals surface area contributed by atoms with Gasteiger partial charge in [0.2, 0.25) is 5.91 Å². The predicted molar refractivity (Wildman–Crippen MR) is 84.6 cm³/mol. The molecule has 0 spiro atoms. The zero-order valence-corrected chi connectivity index (χ0v) is 13.0. The Hall–Kier alpha value is -1.23. The van der Waals surface area contributed by atoms with E-state index in [1.807, 2.05) is 25.1 Å². The number of pyridine rings is 1. The first kappa shape index (κ1) is 15.2. The maximum atomic E-state index is 12.1. The second-order valence-electron chi connectivity index (χ2n) is 4.04. The molecule has 0 aliphatic carbocycles. The monoisotopic (exact) mass is 326 g/mol. The molecule has 1 amide bonds. The van der Waals surface area contributed by atoms with Gasteiger partial charge >= 0.3 is 0 Å². The van der Waals surface area contributed by atoms with E-state index in [0.29, 0.717) is 15.7 Å². The van der Waals surface area contributed by atoms with Crippen LogP contribution in [-0.2, 0) is 4.79 Å². The van der Waals surface area contributed by atoms with Crippen LogP contribution in [0.25, 0.3) is 0 Å². The molecule has 0 fully saturated rings. The molecule has 0 saturated heterocycles. The maximum absolute atomic E-state index is 12.1. The number of hydrogen-bond donors (Lipinski definition) is 1. The summed E-state index contributed by atoms with van der Waals surface area (Å²) < 4.78 is 0. The van der Waals surface area contributed by atoms with E-state index < -0.39 is 0 Å². The summed E-state index contributed by atoms with van der Waals surface area (Å²) in [6.45, 7) is 1.82. The molecule has 0 aliphatic heterocycles. The summed E-state index contributed by atoms with van der Waals surface area (Å²) in [5.41, 5.74) is 0.550. The molecule has 1 aromatic carbocycles. The van der Waals surface area contributed by atoms with Gasteiger partial charge in [0.1, 0.15) is 0 Å². The smallest absolute Gasteiger partial charge is 0.237 e. The summed E-state index contributed by atoms with van der Waals surface area (Å²) in [6.07, 6.45) is 1.70. The van der Waals surface area contributed by atoms with Crippen molar-refractivity contribution in [2.45, 2.75) is 17.2 Å².